The van der Waals surface area contributed by atoms with E-state index in [0.29, 0.717) is 24.0 Å². The SMILES string of the molecule is CC(C)c1ccccc1OCCC(C#N)c1ccc(Cl)cc1. The molecule has 0 saturated carbocycles. The van der Waals surface area contributed by atoms with Crippen LogP contribution >= 0.6 is 11.6 Å². The van der Waals surface area contributed by atoms with Crippen molar-refractivity contribution in [1.29, 1.82) is 5.26 Å². The Hall–Kier alpha value is -1.98. The molecule has 114 valence electrons. The highest BCUT2D eigenvalue weighted by Gasteiger charge is 2.12. The summed E-state index contributed by atoms with van der Waals surface area (Å²) in [7, 11) is 0. The van der Waals surface area contributed by atoms with Crippen LogP contribution in [0.15, 0.2) is 48.5 Å². The van der Waals surface area contributed by atoms with Crippen molar-refractivity contribution in [2.45, 2.75) is 32.1 Å². The van der Waals surface area contributed by atoms with Crippen LogP contribution in [-0.4, -0.2) is 6.61 Å². The van der Waals surface area contributed by atoms with Gasteiger partial charge in [0.2, 0.25) is 0 Å². The summed E-state index contributed by atoms with van der Waals surface area (Å²) in [6.45, 7) is 4.81. The smallest absolute Gasteiger partial charge is 0.122 e. The predicted molar refractivity (Wildman–Crippen MR) is 90.4 cm³/mol. The monoisotopic (exact) mass is 313 g/mol. The summed E-state index contributed by atoms with van der Waals surface area (Å²) in [5, 5.41) is 10.0. The fourth-order valence-electron chi connectivity index (χ4n) is 2.38. The second-order valence-corrected chi connectivity index (χ2v) is 6.00. The van der Waals surface area contributed by atoms with Gasteiger partial charge in [-0.1, -0.05) is 55.8 Å². The summed E-state index contributed by atoms with van der Waals surface area (Å²) in [5.74, 6) is 1.15. The summed E-state index contributed by atoms with van der Waals surface area (Å²) in [5.41, 5.74) is 2.18. The third-order valence-electron chi connectivity index (χ3n) is 3.63. The van der Waals surface area contributed by atoms with E-state index in [4.69, 9.17) is 16.3 Å². The van der Waals surface area contributed by atoms with Crippen molar-refractivity contribution in [2.24, 2.45) is 0 Å². The number of nitrogens with zero attached hydrogens (tertiary/aromatic N) is 1. The van der Waals surface area contributed by atoms with E-state index in [2.05, 4.69) is 26.0 Å². The summed E-state index contributed by atoms with van der Waals surface area (Å²) < 4.78 is 5.90. The molecule has 0 aliphatic heterocycles. The molecule has 1 atom stereocenters. The van der Waals surface area contributed by atoms with Gasteiger partial charge in [0.25, 0.3) is 0 Å². The Bertz CT molecular complexity index is 643. The van der Waals surface area contributed by atoms with Crippen molar-refractivity contribution in [2.75, 3.05) is 6.61 Å². The number of hydrogen-bond donors (Lipinski definition) is 0. The molecular weight excluding hydrogens is 294 g/mol. The van der Waals surface area contributed by atoms with E-state index in [9.17, 15) is 5.26 Å². The van der Waals surface area contributed by atoms with Gasteiger partial charge >= 0.3 is 0 Å². The molecule has 0 radical (unpaired) electrons. The van der Waals surface area contributed by atoms with E-state index in [1.807, 2.05) is 42.5 Å². The van der Waals surface area contributed by atoms with Gasteiger partial charge in [-0.3, -0.25) is 0 Å². The van der Waals surface area contributed by atoms with E-state index >= 15 is 0 Å². The molecule has 0 bridgehead atoms. The second-order valence-electron chi connectivity index (χ2n) is 5.56. The third-order valence-corrected chi connectivity index (χ3v) is 3.89. The lowest BCUT2D eigenvalue weighted by molar-refractivity contribution is 0.302. The average Bonchev–Trinajstić information content (AvgIpc) is 2.53. The number of rotatable bonds is 6. The van der Waals surface area contributed by atoms with Crippen LogP contribution in [0.2, 0.25) is 5.02 Å². The Morgan fingerprint density at radius 3 is 2.41 bits per heavy atom. The molecule has 0 aromatic heterocycles. The molecule has 2 rings (SSSR count). The molecule has 0 saturated heterocycles. The molecular formula is C19H20ClNO. The van der Waals surface area contributed by atoms with E-state index in [-0.39, 0.29) is 5.92 Å². The van der Waals surface area contributed by atoms with E-state index in [0.717, 1.165) is 11.3 Å². The highest BCUT2D eigenvalue weighted by Crippen LogP contribution is 2.27. The quantitative estimate of drug-likeness (QED) is 0.701. The number of para-hydroxylation sites is 1. The van der Waals surface area contributed by atoms with Crippen LogP contribution in [0.5, 0.6) is 5.75 Å². The maximum atomic E-state index is 9.35. The van der Waals surface area contributed by atoms with Crippen molar-refractivity contribution in [3.05, 3.63) is 64.7 Å². The van der Waals surface area contributed by atoms with Gasteiger partial charge in [-0.2, -0.15) is 5.26 Å². The van der Waals surface area contributed by atoms with Gasteiger partial charge in [0, 0.05) is 11.4 Å². The number of halogens is 1. The zero-order valence-electron chi connectivity index (χ0n) is 12.9. The zero-order chi connectivity index (χ0) is 15.9. The van der Waals surface area contributed by atoms with Crippen LogP contribution in [-0.2, 0) is 0 Å². The lowest BCUT2D eigenvalue weighted by atomic mass is 9.98. The Labute approximate surface area is 137 Å². The second kappa shape index (κ2) is 7.87. The van der Waals surface area contributed by atoms with Crippen molar-refractivity contribution in [3.63, 3.8) is 0 Å². The zero-order valence-corrected chi connectivity index (χ0v) is 13.7. The number of ether oxygens (including phenoxy) is 1. The van der Waals surface area contributed by atoms with Crippen molar-refractivity contribution >= 4 is 11.6 Å². The van der Waals surface area contributed by atoms with Crippen LogP contribution in [0.1, 0.15) is 43.2 Å². The van der Waals surface area contributed by atoms with Crippen molar-refractivity contribution in [3.8, 4) is 11.8 Å². The van der Waals surface area contributed by atoms with Gasteiger partial charge in [-0.15, -0.1) is 0 Å². The molecule has 2 aromatic carbocycles. The van der Waals surface area contributed by atoms with Gasteiger partial charge in [-0.05, 0) is 35.2 Å². The molecule has 0 aliphatic rings. The van der Waals surface area contributed by atoms with Gasteiger partial charge in [0.05, 0.1) is 18.6 Å². The number of benzene rings is 2. The first-order chi connectivity index (χ1) is 10.6. The molecule has 2 aromatic rings. The van der Waals surface area contributed by atoms with Crippen molar-refractivity contribution in [1.82, 2.24) is 0 Å². The maximum Gasteiger partial charge on any atom is 0.122 e. The third kappa shape index (κ3) is 4.26. The fourth-order valence-corrected chi connectivity index (χ4v) is 2.50. The van der Waals surface area contributed by atoms with Crippen LogP contribution in [0.4, 0.5) is 0 Å². The molecule has 3 heteroatoms. The standard InChI is InChI=1S/C19H20ClNO/c1-14(2)18-5-3-4-6-19(18)22-12-11-16(13-21)15-7-9-17(20)10-8-15/h3-10,14,16H,11-12H2,1-2H3. The first-order valence-corrected chi connectivity index (χ1v) is 7.86. The van der Waals surface area contributed by atoms with Gasteiger partial charge in [-0.25, -0.2) is 0 Å². The average molecular weight is 314 g/mol. The van der Waals surface area contributed by atoms with E-state index in [1.54, 1.807) is 0 Å². The minimum Gasteiger partial charge on any atom is -0.493 e. The highest BCUT2D eigenvalue weighted by atomic mass is 35.5. The lowest BCUT2D eigenvalue weighted by Gasteiger charge is -2.15. The normalized spacial score (nSPS) is 12.0. The molecule has 1 unspecified atom stereocenters. The lowest BCUT2D eigenvalue weighted by Crippen LogP contribution is -2.06. The summed E-state index contributed by atoms with van der Waals surface area (Å²) in [6.07, 6.45) is 0.657. The topological polar surface area (TPSA) is 33.0 Å². The molecule has 22 heavy (non-hydrogen) atoms. The first kappa shape index (κ1) is 16.4. The molecule has 0 aliphatic carbocycles. The highest BCUT2D eigenvalue weighted by molar-refractivity contribution is 6.30. The molecule has 2 nitrogen and oxygen atoms in total. The van der Waals surface area contributed by atoms with E-state index in [1.165, 1.54) is 5.56 Å². The van der Waals surface area contributed by atoms with Crippen molar-refractivity contribution < 1.29 is 4.74 Å². The fraction of sp³-hybridized carbons (Fsp3) is 0.316. The Morgan fingerprint density at radius 1 is 1.09 bits per heavy atom. The Balaban J connectivity index is 1.98. The minimum absolute atomic E-state index is 0.177. The molecule has 0 amide bonds. The molecule has 0 fully saturated rings. The van der Waals surface area contributed by atoms with Gasteiger partial charge < -0.3 is 4.74 Å². The maximum absolute atomic E-state index is 9.35. The summed E-state index contributed by atoms with van der Waals surface area (Å²) >= 11 is 5.88. The minimum atomic E-state index is -0.177. The summed E-state index contributed by atoms with van der Waals surface area (Å²) in [6, 6.07) is 17.8. The summed E-state index contributed by atoms with van der Waals surface area (Å²) in [4.78, 5) is 0. The van der Waals surface area contributed by atoms with E-state index < -0.39 is 0 Å². The molecule has 0 N–H and O–H groups in total. The largest absolute Gasteiger partial charge is 0.493 e. The predicted octanol–water partition coefficient (Wildman–Crippen LogP) is 5.54. The molecule has 0 spiro atoms. The van der Waals surface area contributed by atoms with Crippen LogP contribution in [0.3, 0.4) is 0 Å². The Morgan fingerprint density at radius 2 is 1.77 bits per heavy atom. The van der Waals surface area contributed by atoms with Gasteiger partial charge in [0.15, 0.2) is 0 Å². The Kier molecular flexibility index (Phi) is 5.86. The number of hydrogen-bond acceptors (Lipinski definition) is 2. The van der Waals surface area contributed by atoms with Crippen LogP contribution in [0.25, 0.3) is 0 Å². The van der Waals surface area contributed by atoms with Crippen LogP contribution < -0.4 is 4.74 Å². The van der Waals surface area contributed by atoms with Gasteiger partial charge in [0.1, 0.15) is 5.75 Å². The number of nitriles is 1. The first-order valence-electron chi connectivity index (χ1n) is 7.48. The molecule has 0 heterocycles. The van der Waals surface area contributed by atoms with Crippen LogP contribution in [0, 0.1) is 11.3 Å².